The third-order valence-electron chi connectivity index (χ3n) is 7.07. The van der Waals surface area contributed by atoms with E-state index >= 15 is 0 Å². The quantitative estimate of drug-likeness (QED) is 0.275. The van der Waals surface area contributed by atoms with Crippen LogP contribution in [0.15, 0.2) is 114 Å². The smallest absolute Gasteiger partial charge is 0.431 e. The second-order valence-corrected chi connectivity index (χ2v) is 8.89. The van der Waals surface area contributed by atoms with Gasteiger partial charge in [0.2, 0.25) is 0 Å². The van der Waals surface area contributed by atoms with E-state index in [2.05, 4.69) is 95.9 Å². The summed E-state index contributed by atoms with van der Waals surface area (Å²) in [6, 6.07) is 38.0. The molecule has 0 fully saturated rings. The average molecular weight is 435 g/mol. The molecule has 0 unspecified atom stereocenters. The number of hydrogen-bond donors (Lipinski definition) is 0. The molecule has 158 valence electrons. The summed E-state index contributed by atoms with van der Waals surface area (Å²) in [4.78, 5) is 2.34. The minimum Gasteiger partial charge on any atom is -0.551 e. The van der Waals surface area contributed by atoms with E-state index in [1.54, 1.807) is 0 Å². The van der Waals surface area contributed by atoms with Gasteiger partial charge < -0.3 is 14.0 Å². The molecule has 34 heavy (non-hydrogen) atoms. The number of anilines is 3. The van der Waals surface area contributed by atoms with Gasteiger partial charge in [-0.3, -0.25) is 0 Å². The van der Waals surface area contributed by atoms with Crippen LogP contribution < -0.4 is 20.5 Å². The summed E-state index contributed by atoms with van der Waals surface area (Å²) in [5.41, 5.74) is 9.71. The predicted molar refractivity (Wildman–Crippen MR) is 139 cm³/mol. The minimum atomic E-state index is -0.200. The van der Waals surface area contributed by atoms with E-state index < -0.39 is 0 Å². The van der Waals surface area contributed by atoms with Gasteiger partial charge in [-0.15, -0.1) is 0 Å². The van der Waals surface area contributed by atoms with Crippen LogP contribution in [-0.2, 0) is 0 Å². The highest BCUT2D eigenvalue weighted by Gasteiger charge is 2.44. The Balaban J connectivity index is 1.60. The lowest BCUT2D eigenvalue weighted by atomic mass is 9.49. The summed E-state index contributed by atoms with van der Waals surface area (Å²) in [7, 11) is 0. The Morgan fingerprint density at radius 3 is 2.35 bits per heavy atom. The van der Waals surface area contributed by atoms with Crippen molar-refractivity contribution in [2.45, 2.75) is 0 Å². The first-order chi connectivity index (χ1) is 16.9. The molecule has 5 aromatic carbocycles. The van der Waals surface area contributed by atoms with Crippen LogP contribution in [0.4, 0.5) is 17.1 Å². The maximum absolute atomic E-state index is 6.70. The fourth-order valence-electron chi connectivity index (χ4n) is 5.64. The van der Waals surface area contributed by atoms with Gasteiger partial charge in [0, 0.05) is 33.2 Å². The third kappa shape index (κ3) is 2.27. The molecular weight excluding hydrogens is 417 g/mol. The Morgan fingerprint density at radius 1 is 0.647 bits per heavy atom. The zero-order chi connectivity index (χ0) is 22.2. The van der Waals surface area contributed by atoms with E-state index in [9.17, 15) is 0 Å². The van der Waals surface area contributed by atoms with Crippen LogP contribution in [0.1, 0.15) is 0 Å². The molecule has 0 N–H and O–H groups in total. The van der Waals surface area contributed by atoms with Crippen LogP contribution >= 0.6 is 0 Å². The third-order valence-corrected chi connectivity index (χ3v) is 7.07. The van der Waals surface area contributed by atoms with Crippen molar-refractivity contribution in [2.75, 3.05) is 4.90 Å². The molecule has 3 nitrogen and oxygen atoms in total. The highest BCUT2D eigenvalue weighted by atomic mass is 16.4. The van der Waals surface area contributed by atoms with E-state index in [0.717, 1.165) is 61.2 Å². The highest BCUT2D eigenvalue weighted by molar-refractivity contribution is 6.86. The normalized spacial score (nSPS) is 13.4. The van der Waals surface area contributed by atoms with Crippen molar-refractivity contribution in [2.24, 2.45) is 0 Å². The van der Waals surface area contributed by atoms with Crippen LogP contribution in [0.3, 0.4) is 0 Å². The number of furan rings is 1. The molecule has 4 heteroatoms. The monoisotopic (exact) mass is 435 g/mol. The predicted octanol–water partition coefficient (Wildman–Crippen LogP) is 6.53. The van der Waals surface area contributed by atoms with Crippen molar-refractivity contribution < 1.29 is 9.07 Å². The summed E-state index contributed by atoms with van der Waals surface area (Å²) in [6.07, 6.45) is 0. The fraction of sp³-hybridized carbons (Fsp3) is 0. The number of nitrogens with zero attached hydrogens (tertiary/aromatic N) is 1. The molecule has 0 radical (unpaired) electrons. The topological polar surface area (TPSA) is 25.6 Å². The van der Waals surface area contributed by atoms with Gasteiger partial charge in [0.1, 0.15) is 11.3 Å². The lowest BCUT2D eigenvalue weighted by Gasteiger charge is -2.39. The van der Waals surface area contributed by atoms with Crippen LogP contribution in [-0.4, -0.2) is 6.92 Å². The van der Waals surface area contributed by atoms with Crippen molar-refractivity contribution in [3.05, 3.63) is 109 Å². The maximum Gasteiger partial charge on any atom is 0.431 e. The second-order valence-electron chi connectivity index (χ2n) is 8.89. The van der Waals surface area contributed by atoms with Crippen LogP contribution in [0, 0.1) is 0 Å². The first-order valence-electron chi connectivity index (χ1n) is 11.6. The molecule has 0 bridgehead atoms. The van der Waals surface area contributed by atoms with Crippen LogP contribution in [0.25, 0.3) is 33.1 Å². The number of hydrogen-bond acceptors (Lipinski definition) is 3. The van der Waals surface area contributed by atoms with Crippen molar-refractivity contribution >= 4 is 56.8 Å². The molecule has 0 atom stereocenters. The Bertz CT molecular complexity index is 1760. The van der Waals surface area contributed by atoms with E-state index in [0.29, 0.717) is 0 Å². The number of para-hydroxylation sites is 4. The van der Waals surface area contributed by atoms with E-state index in [-0.39, 0.29) is 6.92 Å². The van der Waals surface area contributed by atoms with Crippen molar-refractivity contribution in [3.63, 3.8) is 0 Å². The second kappa shape index (κ2) is 6.55. The van der Waals surface area contributed by atoms with Gasteiger partial charge in [-0.25, -0.2) is 0 Å². The van der Waals surface area contributed by atoms with E-state index in [1.807, 2.05) is 18.2 Å². The van der Waals surface area contributed by atoms with Gasteiger partial charge >= 0.3 is 6.92 Å². The summed E-state index contributed by atoms with van der Waals surface area (Å²) >= 11 is 0. The summed E-state index contributed by atoms with van der Waals surface area (Å²) in [5.74, 6) is 0.918. The molecule has 8 rings (SSSR count). The van der Waals surface area contributed by atoms with Crippen molar-refractivity contribution in [3.8, 4) is 16.9 Å². The molecule has 0 saturated heterocycles. The van der Waals surface area contributed by atoms with E-state index in [4.69, 9.17) is 9.07 Å². The lowest BCUT2D eigenvalue weighted by molar-refractivity contribution is 0.589. The SMILES string of the molecule is c1ccc(N2c3ccccc3B3Oc4ccccc4-c4cc5c(oc6ccccc65)c2c43)cc1. The minimum absolute atomic E-state index is 0.200. The first-order valence-corrected chi connectivity index (χ1v) is 11.6. The molecule has 2 aliphatic heterocycles. The fourth-order valence-corrected chi connectivity index (χ4v) is 5.64. The van der Waals surface area contributed by atoms with Gasteiger partial charge in [0.25, 0.3) is 0 Å². The molecule has 0 amide bonds. The molecule has 2 aliphatic rings. The van der Waals surface area contributed by atoms with Gasteiger partial charge in [-0.2, -0.15) is 0 Å². The van der Waals surface area contributed by atoms with Crippen molar-refractivity contribution in [1.29, 1.82) is 0 Å². The largest absolute Gasteiger partial charge is 0.551 e. The standard InChI is InChI=1S/C30H18BNO2/c1-2-10-19(11-3-1)32-25-15-7-6-14-24(25)31-28-22(20-12-5-9-17-27(20)34-31)18-23-21-13-4-8-16-26(21)33-30(23)29(28)32/h1-18H. The van der Waals surface area contributed by atoms with Gasteiger partial charge in [0.15, 0.2) is 5.58 Å². The summed E-state index contributed by atoms with van der Waals surface area (Å²) in [6.45, 7) is -0.200. The summed E-state index contributed by atoms with van der Waals surface area (Å²) < 4.78 is 13.3. The van der Waals surface area contributed by atoms with Gasteiger partial charge in [-0.1, -0.05) is 72.8 Å². The van der Waals surface area contributed by atoms with Gasteiger partial charge in [0.05, 0.1) is 5.69 Å². The molecule has 0 saturated carbocycles. The Labute approximate surface area is 196 Å². The van der Waals surface area contributed by atoms with Crippen LogP contribution in [0.2, 0.25) is 0 Å². The van der Waals surface area contributed by atoms with Gasteiger partial charge in [-0.05, 0) is 47.4 Å². The summed E-state index contributed by atoms with van der Waals surface area (Å²) in [5, 5.41) is 2.25. The van der Waals surface area contributed by atoms with Crippen molar-refractivity contribution in [1.82, 2.24) is 0 Å². The number of benzene rings is 5. The molecule has 1 aromatic heterocycles. The Morgan fingerprint density at radius 2 is 1.41 bits per heavy atom. The highest BCUT2D eigenvalue weighted by Crippen LogP contribution is 2.47. The Hall–Kier alpha value is -4.44. The first kappa shape index (κ1) is 18.0. The average Bonchev–Trinajstić information content (AvgIpc) is 3.28. The number of rotatable bonds is 1. The molecule has 3 heterocycles. The number of fused-ring (bicyclic) bond motifs is 8. The zero-order valence-electron chi connectivity index (χ0n) is 18.2. The van der Waals surface area contributed by atoms with E-state index in [1.165, 1.54) is 5.56 Å². The zero-order valence-corrected chi connectivity index (χ0v) is 18.2. The molecular formula is C30H18BNO2. The molecule has 0 aliphatic carbocycles. The molecule has 6 aromatic rings. The van der Waals surface area contributed by atoms with Crippen LogP contribution in [0.5, 0.6) is 5.75 Å². The maximum atomic E-state index is 6.70. The lowest BCUT2D eigenvalue weighted by Crippen LogP contribution is -2.56. The molecule has 0 spiro atoms. The Kier molecular flexibility index (Phi) is 3.48.